The maximum atomic E-state index is 12.2. The molecule has 2 unspecified atom stereocenters. The molecule has 1 saturated heterocycles. The third-order valence-electron chi connectivity index (χ3n) is 1.88. The van der Waals surface area contributed by atoms with Crippen molar-refractivity contribution in [3.05, 3.63) is 0 Å². The van der Waals surface area contributed by atoms with E-state index in [-0.39, 0.29) is 5.50 Å². The minimum Gasteiger partial charge on any atom is -0.306 e. The van der Waals surface area contributed by atoms with Crippen LogP contribution < -0.4 is 5.09 Å². The first kappa shape index (κ1) is 12.8. The molecule has 0 aliphatic carbocycles. The van der Waals surface area contributed by atoms with E-state index in [1.165, 1.54) is 0 Å². The minimum atomic E-state index is -2.93. The second-order valence-electron chi connectivity index (χ2n) is 3.09. The first-order chi connectivity index (χ1) is 6.58. The second kappa shape index (κ2) is 5.69. The van der Waals surface area contributed by atoms with Gasteiger partial charge in [-0.3, -0.25) is 4.57 Å². The highest BCUT2D eigenvalue weighted by Crippen LogP contribution is 2.49. The Labute approximate surface area is 94.4 Å². The summed E-state index contributed by atoms with van der Waals surface area (Å²) in [6.45, 7) is 3.51. The van der Waals surface area contributed by atoms with Crippen molar-refractivity contribution in [3.63, 3.8) is 0 Å². The van der Waals surface area contributed by atoms with E-state index in [0.717, 1.165) is 13.0 Å². The number of rotatable bonds is 4. The number of hydrogen-bond donors (Lipinski definition) is 1. The molecule has 1 N–H and O–H groups in total. The molecule has 14 heavy (non-hydrogen) atoms. The Kier molecular flexibility index (Phi) is 5.18. The monoisotopic (exact) mass is 260 g/mol. The topological polar surface area (TPSA) is 41.6 Å². The molecular formula is C7H15Cl2N2O2P. The summed E-state index contributed by atoms with van der Waals surface area (Å²) >= 11 is 11.4. The summed E-state index contributed by atoms with van der Waals surface area (Å²) in [5.74, 6) is 0.436. The Morgan fingerprint density at radius 3 is 3.00 bits per heavy atom. The van der Waals surface area contributed by atoms with Crippen molar-refractivity contribution in [1.29, 1.82) is 0 Å². The largest absolute Gasteiger partial charge is 0.344 e. The van der Waals surface area contributed by atoms with E-state index >= 15 is 0 Å². The van der Waals surface area contributed by atoms with Crippen LogP contribution in [0.25, 0.3) is 0 Å². The van der Waals surface area contributed by atoms with Crippen molar-refractivity contribution < 1.29 is 9.09 Å². The number of halogens is 2. The van der Waals surface area contributed by atoms with E-state index in [4.69, 9.17) is 27.7 Å². The number of nitrogens with one attached hydrogen (secondary N) is 1. The van der Waals surface area contributed by atoms with E-state index in [9.17, 15) is 4.57 Å². The molecule has 1 fully saturated rings. The molecule has 1 aliphatic rings. The fraction of sp³-hybridized carbons (Fsp3) is 1.00. The van der Waals surface area contributed by atoms with Gasteiger partial charge in [-0.1, -0.05) is 0 Å². The van der Waals surface area contributed by atoms with Gasteiger partial charge in [-0.05, 0) is 13.3 Å². The number of nitrogens with zero attached hydrogens (tertiary/aromatic N) is 1. The molecule has 1 rings (SSSR count). The summed E-state index contributed by atoms with van der Waals surface area (Å²) in [6.07, 6.45) is 0.874. The Morgan fingerprint density at radius 2 is 2.43 bits per heavy atom. The zero-order valence-electron chi connectivity index (χ0n) is 8.08. The summed E-state index contributed by atoms with van der Waals surface area (Å²) in [5, 5.41) is 2.76. The van der Waals surface area contributed by atoms with Gasteiger partial charge in [0.15, 0.2) is 0 Å². The number of alkyl halides is 2. The SMILES string of the molecule is CC(Cl)NP1(=O)OCCCN1CCCl. The van der Waals surface area contributed by atoms with Gasteiger partial charge in [-0.15, -0.1) is 23.2 Å². The lowest BCUT2D eigenvalue weighted by molar-refractivity contribution is 0.202. The fourth-order valence-corrected chi connectivity index (χ4v) is 4.02. The van der Waals surface area contributed by atoms with Crippen LogP contribution in [-0.4, -0.2) is 35.7 Å². The van der Waals surface area contributed by atoms with Crippen LogP contribution >= 0.6 is 30.9 Å². The van der Waals surface area contributed by atoms with Gasteiger partial charge in [0.2, 0.25) is 0 Å². The average molecular weight is 261 g/mol. The zero-order valence-corrected chi connectivity index (χ0v) is 10.5. The molecule has 4 nitrogen and oxygen atoms in total. The van der Waals surface area contributed by atoms with Gasteiger partial charge < -0.3 is 4.52 Å². The third kappa shape index (κ3) is 3.37. The lowest BCUT2D eigenvalue weighted by Gasteiger charge is -2.35. The van der Waals surface area contributed by atoms with Crippen LogP contribution in [0.3, 0.4) is 0 Å². The van der Waals surface area contributed by atoms with Crippen LogP contribution in [0.2, 0.25) is 0 Å². The Bertz CT molecular complexity index is 226. The molecule has 0 spiro atoms. The molecule has 0 amide bonds. The fourth-order valence-electron chi connectivity index (χ4n) is 1.33. The van der Waals surface area contributed by atoms with Gasteiger partial charge in [0.1, 0.15) is 0 Å². The molecular weight excluding hydrogens is 246 g/mol. The predicted octanol–water partition coefficient (Wildman–Crippen LogP) is 2.23. The van der Waals surface area contributed by atoms with Crippen LogP contribution in [0, 0.1) is 0 Å². The van der Waals surface area contributed by atoms with Crippen molar-refractivity contribution in [2.24, 2.45) is 0 Å². The van der Waals surface area contributed by atoms with Crippen LogP contribution in [0.5, 0.6) is 0 Å². The lowest BCUT2D eigenvalue weighted by atomic mass is 10.4. The second-order valence-corrected chi connectivity index (χ2v) is 6.25. The average Bonchev–Trinajstić information content (AvgIpc) is 2.08. The maximum Gasteiger partial charge on any atom is 0.344 e. The molecule has 7 heteroatoms. The van der Waals surface area contributed by atoms with E-state index < -0.39 is 7.67 Å². The smallest absolute Gasteiger partial charge is 0.306 e. The van der Waals surface area contributed by atoms with E-state index in [2.05, 4.69) is 5.09 Å². The summed E-state index contributed by atoms with van der Waals surface area (Å²) in [6, 6.07) is 0. The van der Waals surface area contributed by atoms with Crippen molar-refractivity contribution >= 4 is 30.9 Å². The molecule has 84 valence electrons. The van der Waals surface area contributed by atoms with E-state index in [0.29, 0.717) is 19.0 Å². The van der Waals surface area contributed by atoms with Crippen LogP contribution in [0.1, 0.15) is 13.3 Å². The zero-order chi connectivity index (χ0) is 10.6. The summed E-state index contributed by atoms with van der Waals surface area (Å²) in [4.78, 5) is 0. The summed E-state index contributed by atoms with van der Waals surface area (Å²) in [7, 11) is -2.93. The highest BCUT2D eigenvalue weighted by molar-refractivity contribution is 7.54. The molecule has 0 aromatic rings. The predicted molar refractivity (Wildman–Crippen MR) is 58.9 cm³/mol. The third-order valence-corrected chi connectivity index (χ3v) is 4.70. The molecule has 0 aromatic carbocycles. The standard InChI is InChI=1S/C7H15Cl2N2O2P/c1-7(9)10-14(12)11(5-3-8)4-2-6-13-14/h7H,2-6H2,1H3,(H,10,12). The minimum absolute atomic E-state index is 0.378. The summed E-state index contributed by atoms with van der Waals surface area (Å²) in [5.41, 5.74) is -0.378. The molecule has 2 atom stereocenters. The van der Waals surface area contributed by atoms with Crippen molar-refractivity contribution in [1.82, 2.24) is 9.76 Å². The van der Waals surface area contributed by atoms with E-state index in [1.807, 2.05) is 0 Å². The Hall–Kier alpha value is 0.690. The first-order valence-electron chi connectivity index (χ1n) is 4.56. The highest BCUT2D eigenvalue weighted by atomic mass is 35.5. The van der Waals surface area contributed by atoms with Gasteiger partial charge in [0, 0.05) is 19.0 Å². The van der Waals surface area contributed by atoms with Gasteiger partial charge in [0.25, 0.3) is 0 Å². The molecule has 0 aromatic heterocycles. The normalized spacial score (nSPS) is 31.6. The van der Waals surface area contributed by atoms with Crippen LogP contribution in [0.15, 0.2) is 0 Å². The molecule has 0 bridgehead atoms. The van der Waals surface area contributed by atoms with E-state index in [1.54, 1.807) is 11.6 Å². The van der Waals surface area contributed by atoms with Gasteiger partial charge in [-0.2, -0.15) is 0 Å². The number of hydrogen-bond acceptors (Lipinski definition) is 2. The van der Waals surface area contributed by atoms with Crippen molar-refractivity contribution in [2.75, 3.05) is 25.6 Å². The molecule has 0 radical (unpaired) electrons. The maximum absolute atomic E-state index is 12.2. The summed E-state index contributed by atoms with van der Waals surface area (Å²) < 4.78 is 19.2. The van der Waals surface area contributed by atoms with Crippen LogP contribution in [0.4, 0.5) is 0 Å². The Balaban J connectivity index is 2.64. The highest BCUT2D eigenvalue weighted by Gasteiger charge is 2.35. The first-order valence-corrected chi connectivity index (χ1v) is 7.11. The quantitative estimate of drug-likeness (QED) is 0.478. The molecule has 0 saturated carbocycles. The van der Waals surface area contributed by atoms with Crippen molar-refractivity contribution in [2.45, 2.75) is 18.8 Å². The van der Waals surface area contributed by atoms with Crippen LogP contribution in [-0.2, 0) is 9.09 Å². The molecule has 1 aliphatic heterocycles. The lowest BCUT2D eigenvalue weighted by Crippen LogP contribution is -2.37. The Morgan fingerprint density at radius 1 is 1.71 bits per heavy atom. The van der Waals surface area contributed by atoms with Gasteiger partial charge in [-0.25, -0.2) is 9.76 Å². The molecule has 1 heterocycles. The van der Waals surface area contributed by atoms with Gasteiger partial charge in [0.05, 0.1) is 12.1 Å². The van der Waals surface area contributed by atoms with Gasteiger partial charge >= 0.3 is 7.67 Å². The van der Waals surface area contributed by atoms with Crippen molar-refractivity contribution in [3.8, 4) is 0 Å².